The Kier molecular flexibility index (Phi) is 6.21. The van der Waals surface area contributed by atoms with E-state index < -0.39 is 0 Å². The van der Waals surface area contributed by atoms with Crippen molar-refractivity contribution in [3.8, 4) is 0 Å². The van der Waals surface area contributed by atoms with Gasteiger partial charge in [0.15, 0.2) is 5.17 Å². The number of hydrogen-bond acceptors (Lipinski definition) is 4. The SMILES string of the molecule is CCC(CC)C1CN=C(NCCN(C)C)S1. The molecule has 1 aliphatic heterocycles. The van der Waals surface area contributed by atoms with E-state index >= 15 is 0 Å². The third kappa shape index (κ3) is 4.34. The van der Waals surface area contributed by atoms with E-state index in [-0.39, 0.29) is 0 Å². The Morgan fingerprint density at radius 1 is 1.44 bits per heavy atom. The minimum Gasteiger partial charge on any atom is -0.364 e. The molecule has 94 valence electrons. The van der Waals surface area contributed by atoms with E-state index in [9.17, 15) is 0 Å². The lowest BCUT2D eigenvalue weighted by atomic mass is 9.99. The Morgan fingerprint density at radius 2 is 2.12 bits per heavy atom. The molecule has 0 bridgehead atoms. The molecule has 1 rings (SSSR count). The Hall–Kier alpha value is -0.220. The smallest absolute Gasteiger partial charge is 0.156 e. The lowest BCUT2D eigenvalue weighted by Crippen LogP contribution is -2.29. The molecule has 1 aliphatic rings. The number of nitrogens with zero attached hydrogens (tertiary/aromatic N) is 2. The van der Waals surface area contributed by atoms with Crippen LogP contribution in [0.1, 0.15) is 26.7 Å². The van der Waals surface area contributed by atoms with Crippen LogP contribution in [-0.4, -0.2) is 49.0 Å². The molecular weight excluding hydrogens is 218 g/mol. The molecule has 0 aromatic carbocycles. The summed E-state index contributed by atoms with van der Waals surface area (Å²) in [5, 5.41) is 5.27. The first-order valence-corrected chi connectivity index (χ1v) is 7.15. The van der Waals surface area contributed by atoms with Gasteiger partial charge in [-0.05, 0) is 20.0 Å². The molecular formula is C12H25N3S. The van der Waals surface area contributed by atoms with E-state index in [2.05, 4.69) is 43.2 Å². The molecule has 3 nitrogen and oxygen atoms in total. The van der Waals surface area contributed by atoms with Crippen LogP contribution in [0.2, 0.25) is 0 Å². The molecule has 0 amide bonds. The van der Waals surface area contributed by atoms with Gasteiger partial charge in [0.2, 0.25) is 0 Å². The number of likely N-dealkylation sites (N-methyl/N-ethyl adjacent to an activating group) is 1. The summed E-state index contributed by atoms with van der Waals surface area (Å²) >= 11 is 1.94. The zero-order chi connectivity index (χ0) is 12.0. The van der Waals surface area contributed by atoms with E-state index in [4.69, 9.17) is 0 Å². The molecule has 1 heterocycles. The summed E-state index contributed by atoms with van der Waals surface area (Å²) in [6.45, 7) is 7.63. The van der Waals surface area contributed by atoms with Gasteiger partial charge in [-0.1, -0.05) is 38.5 Å². The number of amidine groups is 1. The van der Waals surface area contributed by atoms with E-state index in [1.165, 1.54) is 12.8 Å². The van der Waals surface area contributed by atoms with Crippen LogP contribution in [0.4, 0.5) is 0 Å². The van der Waals surface area contributed by atoms with Gasteiger partial charge in [-0.3, -0.25) is 4.99 Å². The summed E-state index contributed by atoms with van der Waals surface area (Å²) in [6, 6.07) is 0. The molecule has 0 aromatic rings. The topological polar surface area (TPSA) is 27.6 Å². The van der Waals surface area contributed by atoms with Crippen molar-refractivity contribution >= 4 is 16.9 Å². The number of hydrogen-bond donors (Lipinski definition) is 1. The molecule has 0 spiro atoms. The average Bonchev–Trinajstić information content (AvgIpc) is 2.68. The first-order valence-electron chi connectivity index (χ1n) is 6.27. The van der Waals surface area contributed by atoms with Gasteiger partial charge in [0.25, 0.3) is 0 Å². The van der Waals surface area contributed by atoms with Gasteiger partial charge < -0.3 is 10.2 Å². The maximum atomic E-state index is 4.58. The van der Waals surface area contributed by atoms with Crippen LogP contribution in [0.3, 0.4) is 0 Å². The van der Waals surface area contributed by atoms with Gasteiger partial charge in [0.05, 0.1) is 6.54 Å². The molecule has 0 aromatic heterocycles. The highest BCUT2D eigenvalue weighted by molar-refractivity contribution is 8.14. The zero-order valence-electron chi connectivity index (χ0n) is 11.0. The van der Waals surface area contributed by atoms with Crippen LogP contribution >= 0.6 is 11.8 Å². The van der Waals surface area contributed by atoms with Crippen LogP contribution in [0.25, 0.3) is 0 Å². The summed E-state index contributed by atoms with van der Waals surface area (Å²) < 4.78 is 0. The van der Waals surface area contributed by atoms with Crippen LogP contribution in [0.5, 0.6) is 0 Å². The highest BCUT2D eigenvalue weighted by atomic mass is 32.2. The third-order valence-corrected chi connectivity index (χ3v) is 4.42. The van der Waals surface area contributed by atoms with Gasteiger partial charge in [0, 0.05) is 18.3 Å². The Balaban J connectivity index is 2.23. The number of aliphatic imine (C=N–C) groups is 1. The summed E-state index contributed by atoms with van der Waals surface area (Å²) in [5.41, 5.74) is 0. The van der Waals surface area contributed by atoms with Crippen molar-refractivity contribution in [2.75, 3.05) is 33.7 Å². The largest absolute Gasteiger partial charge is 0.364 e. The second-order valence-electron chi connectivity index (χ2n) is 4.61. The minimum atomic E-state index is 0.705. The number of nitrogens with one attached hydrogen (secondary N) is 1. The van der Waals surface area contributed by atoms with Crippen LogP contribution in [0, 0.1) is 5.92 Å². The number of thioether (sulfide) groups is 1. The summed E-state index contributed by atoms with van der Waals surface area (Å²) in [4.78, 5) is 6.77. The van der Waals surface area contributed by atoms with Crippen LogP contribution < -0.4 is 5.32 Å². The van der Waals surface area contributed by atoms with Crippen molar-refractivity contribution in [3.63, 3.8) is 0 Å². The Bertz CT molecular complexity index is 224. The predicted molar refractivity (Wildman–Crippen MR) is 74.3 cm³/mol. The molecule has 0 saturated heterocycles. The third-order valence-electron chi connectivity index (χ3n) is 3.09. The highest BCUT2D eigenvalue weighted by Gasteiger charge is 2.25. The normalized spacial score (nSPS) is 20.6. The highest BCUT2D eigenvalue weighted by Crippen LogP contribution is 2.30. The van der Waals surface area contributed by atoms with Crippen molar-refractivity contribution in [3.05, 3.63) is 0 Å². The van der Waals surface area contributed by atoms with Crippen molar-refractivity contribution in [2.24, 2.45) is 10.9 Å². The predicted octanol–water partition coefficient (Wildman–Crippen LogP) is 2.05. The van der Waals surface area contributed by atoms with E-state index in [0.717, 1.165) is 30.7 Å². The standard InChI is InChI=1S/C12H25N3S/c1-5-10(6-2)11-9-14-12(16-11)13-7-8-15(3)4/h10-11H,5-9H2,1-4H3,(H,13,14). The Labute approximate surface area is 104 Å². The number of rotatable bonds is 6. The fourth-order valence-corrected chi connectivity index (χ4v) is 3.28. The molecule has 4 heteroatoms. The second kappa shape index (κ2) is 7.17. The van der Waals surface area contributed by atoms with Crippen molar-refractivity contribution in [1.82, 2.24) is 10.2 Å². The maximum Gasteiger partial charge on any atom is 0.156 e. The minimum absolute atomic E-state index is 0.705. The molecule has 0 saturated carbocycles. The van der Waals surface area contributed by atoms with Gasteiger partial charge in [-0.15, -0.1) is 0 Å². The van der Waals surface area contributed by atoms with Gasteiger partial charge >= 0.3 is 0 Å². The summed E-state index contributed by atoms with van der Waals surface area (Å²) in [5.74, 6) is 0.821. The van der Waals surface area contributed by atoms with Gasteiger partial charge in [0.1, 0.15) is 0 Å². The van der Waals surface area contributed by atoms with Gasteiger partial charge in [-0.25, -0.2) is 0 Å². The average molecular weight is 243 g/mol. The lowest BCUT2D eigenvalue weighted by Gasteiger charge is -2.18. The van der Waals surface area contributed by atoms with E-state index in [1.54, 1.807) is 0 Å². The van der Waals surface area contributed by atoms with Crippen LogP contribution in [0.15, 0.2) is 4.99 Å². The first-order chi connectivity index (χ1) is 7.67. The molecule has 0 radical (unpaired) electrons. The molecule has 0 aliphatic carbocycles. The van der Waals surface area contributed by atoms with Gasteiger partial charge in [-0.2, -0.15) is 0 Å². The zero-order valence-corrected chi connectivity index (χ0v) is 11.8. The monoisotopic (exact) mass is 243 g/mol. The molecule has 0 fully saturated rings. The van der Waals surface area contributed by atoms with Crippen molar-refractivity contribution in [1.29, 1.82) is 0 Å². The molecule has 1 atom stereocenters. The second-order valence-corrected chi connectivity index (χ2v) is 5.84. The first kappa shape index (κ1) is 13.8. The summed E-state index contributed by atoms with van der Waals surface area (Å²) in [6.07, 6.45) is 2.54. The fourth-order valence-electron chi connectivity index (χ4n) is 1.93. The molecule has 16 heavy (non-hydrogen) atoms. The quantitative estimate of drug-likeness (QED) is 0.774. The molecule has 1 N–H and O–H groups in total. The van der Waals surface area contributed by atoms with E-state index in [1.807, 2.05) is 11.8 Å². The molecule has 1 unspecified atom stereocenters. The van der Waals surface area contributed by atoms with E-state index in [0.29, 0.717) is 5.25 Å². The van der Waals surface area contributed by atoms with Crippen LogP contribution in [-0.2, 0) is 0 Å². The summed E-state index contributed by atoms with van der Waals surface area (Å²) in [7, 11) is 4.19. The fraction of sp³-hybridized carbons (Fsp3) is 0.917. The van der Waals surface area contributed by atoms with Crippen molar-refractivity contribution < 1.29 is 0 Å². The Morgan fingerprint density at radius 3 is 2.69 bits per heavy atom. The maximum absolute atomic E-state index is 4.58. The lowest BCUT2D eigenvalue weighted by molar-refractivity contribution is 0.413. The van der Waals surface area contributed by atoms with Crippen molar-refractivity contribution in [2.45, 2.75) is 31.9 Å².